The predicted octanol–water partition coefficient (Wildman–Crippen LogP) is 3.86. The summed E-state index contributed by atoms with van der Waals surface area (Å²) in [5.41, 5.74) is 1.52. The fourth-order valence-corrected chi connectivity index (χ4v) is 4.58. The number of benzene rings is 1. The van der Waals surface area contributed by atoms with E-state index < -0.39 is 0 Å². The number of thiazole rings is 1. The normalized spacial score (nSPS) is 10.8. The Morgan fingerprint density at radius 1 is 1.21 bits per heavy atom. The number of anilines is 1. The highest BCUT2D eigenvalue weighted by molar-refractivity contribution is 7.99. The Labute approximate surface area is 201 Å². The number of nitrogens with zero attached hydrogens (tertiary/aromatic N) is 5. The number of unbranched alkanes of at least 4 members (excludes halogenated alkanes) is 1. The van der Waals surface area contributed by atoms with Gasteiger partial charge in [0.25, 0.3) is 5.91 Å². The third-order valence-electron chi connectivity index (χ3n) is 4.69. The minimum atomic E-state index is -0.226. The lowest BCUT2D eigenvalue weighted by molar-refractivity contribution is -0.113. The molecule has 0 atom stereocenters. The Hall–Kier alpha value is -2.92. The van der Waals surface area contributed by atoms with E-state index in [4.69, 9.17) is 4.74 Å². The molecule has 176 valence electrons. The van der Waals surface area contributed by atoms with Crippen molar-refractivity contribution in [1.82, 2.24) is 24.6 Å². The highest BCUT2D eigenvalue weighted by Crippen LogP contribution is 2.26. The van der Waals surface area contributed by atoms with Crippen LogP contribution >= 0.6 is 23.1 Å². The molecular weight excluding hydrogens is 460 g/mol. The van der Waals surface area contributed by atoms with Crippen LogP contribution < -0.4 is 10.1 Å². The summed E-state index contributed by atoms with van der Waals surface area (Å²) in [7, 11) is 5.23. The van der Waals surface area contributed by atoms with Crippen LogP contribution in [0.3, 0.4) is 0 Å². The van der Waals surface area contributed by atoms with E-state index in [-0.39, 0.29) is 17.6 Å². The van der Waals surface area contributed by atoms with Gasteiger partial charge >= 0.3 is 0 Å². The molecule has 0 fully saturated rings. The van der Waals surface area contributed by atoms with E-state index in [1.807, 2.05) is 35.9 Å². The fraction of sp³-hybridized carbons (Fsp3) is 0.409. The number of aryl methyl sites for hydroxylation is 1. The van der Waals surface area contributed by atoms with Crippen molar-refractivity contribution in [3.63, 3.8) is 0 Å². The van der Waals surface area contributed by atoms with Gasteiger partial charge in [0.15, 0.2) is 16.1 Å². The lowest BCUT2D eigenvalue weighted by Crippen LogP contribution is -2.21. The number of carbonyl (C=O) groups is 2. The predicted molar refractivity (Wildman–Crippen MR) is 131 cm³/mol. The monoisotopic (exact) mass is 488 g/mol. The first-order valence-electron chi connectivity index (χ1n) is 10.5. The zero-order valence-electron chi connectivity index (χ0n) is 19.4. The summed E-state index contributed by atoms with van der Waals surface area (Å²) in [6, 6.07) is 7.74. The summed E-state index contributed by atoms with van der Waals surface area (Å²) in [5.74, 6) is 1.32. The Bertz CT molecular complexity index is 1110. The van der Waals surface area contributed by atoms with Crippen LogP contribution in [0.4, 0.5) is 5.13 Å². The molecule has 3 rings (SSSR count). The Balaban J connectivity index is 1.58. The van der Waals surface area contributed by atoms with Crippen LogP contribution in [0.25, 0.3) is 11.4 Å². The van der Waals surface area contributed by atoms with E-state index in [1.165, 1.54) is 28.0 Å². The zero-order chi connectivity index (χ0) is 24.0. The second kappa shape index (κ2) is 11.3. The van der Waals surface area contributed by atoms with Crippen LogP contribution in [0.2, 0.25) is 0 Å². The average Bonchev–Trinajstić information content (AvgIpc) is 3.34. The Kier molecular flexibility index (Phi) is 8.45. The number of hydrogen-bond acceptors (Lipinski definition) is 8. The summed E-state index contributed by atoms with van der Waals surface area (Å²) in [6.45, 7) is 4.59. The number of carbonyl (C=O) groups excluding carboxylic acids is 2. The quantitative estimate of drug-likeness (QED) is 0.341. The highest BCUT2D eigenvalue weighted by Gasteiger charge is 2.19. The maximum Gasteiger partial charge on any atom is 0.265 e. The van der Waals surface area contributed by atoms with Gasteiger partial charge in [-0.15, -0.1) is 10.2 Å². The molecule has 0 unspecified atom stereocenters. The Morgan fingerprint density at radius 3 is 2.61 bits per heavy atom. The van der Waals surface area contributed by atoms with E-state index in [0.29, 0.717) is 33.3 Å². The molecule has 0 bridgehead atoms. The van der Waals surface area contributed by atoms with Gasteiger partial charge in [-0.05, 0) is 37.6 Å². The first kappa shape index (κ1) is 24.7. The lowest BCUT2D eigenvalue weighted by Gasteiger charge is -2.07. The highest BCUT2D eigenvalue weighted by atomic mass is 32.2. The molecule has 0 spiro atoms. The van der Waals surface area contributed by atoms with Gasteiger partial charge < -0.3 is 19.5 Å². The van der Waals surface area contributed by atoms with Gasteiger partial charge in [0, 0.05) is 26.7 Å². The van der Waals surface area contributed by atoms with Gasteiger partial charge in [-0.1, -0.05) is 36.4 Å². The maximum atomic E-state index is 12.4. The van der Waals surface area contributed by atoms with Gasteiger partial charge in [0.2, 0.25) is 5.91 Å². The van der Waals surface area contributed by atoms with E-state index in [2.05, 4.69) is 27.4 Å². The van der Waals surface area contributed by atoms with Crippen LogP contribution in [0.15, 0.2) is 29.4 Å². The number of ether oxygens (including phenoxy) is 1. The molecule has 2 amide bonds. The molecule has 0 aliphatic carbocycles. The van der Waals surface area contributed by atoms with Crippen molar-refractivity contribution in [3.8, 4) is 17.1 Å². The van der Waals surface area contributed by atoms with Gasteiger partial charge in [-0.2, -0.15) is 0 Å². The molecule has 9 nitrogen and oxygen atoms in total. The SMILES string of the molecule is CCCCOc1ccc(-c2nnc(SCC(=O)Nc3nc(C)c(C(=O)N(C)C)s3)n2C)cc1. The second-order valence-electron chi connectivity index (χ2n) is 7.56. The number of hydrogen-bond donors (Lipinski definition) is 1. The summed E-state index contributed by atoms with van der Waals surface area (Å²) in [4.78, 5) is 30.9. The van der Waals surface area contributed by atoms with Gasteiger partial charge in [0.05, 0.1) is 18.1 Å². The molecule has 0 aliphatic heterocycles. The van der Waals surface area contributed by atoms with E-state index in [9.17, 15) is 9.59 Å². The summed E-state index contributed by atoms with van der Waals surface area (Å²) in [6.07, 6.45) is 2.12. The van der Waals surface area contributed by atoms with Crippen molar-refractivity contribution in [2.45, 2.75) is 31.8 Å². The third-order valence-corrected chi connectivity index (χ3v) is 6.77. The van der Waals surface area contributed by atoms with Crippen LogP contribution in [0.1, 0.15) is 35.1 Å². The molecule has 0 saturated carbocycles. The van der Waals surface area contributed by atoms with Crippen LogP contribution in [0.5, 0.6) is 5.75 Å². The first-order chi connectivity index (χ1) is 15.8. The largest absolute Gasteiger partial charge is 0.494 e. The average molecular weight is 489 g/mol. The minimum absolute atomic E-state index is 0.132. The molecule has 1 aromatic carbocycles. The van der Waals surface area contributed by atoms with E-state index in [0.717, 1.165) is 24.2 Å². The standard InChI is InChI=1S/C22H28N6O3S2/c1-6-7-12-31-16-10-8-15(9-11-16)19-25-26-22(28(19)5)32-13-17(29)24-21-23-14(2)18(33-21)20(30)27(3)4/h8-11H,6-7,12-13H2,1-5H3,(H,23,24,29). The molecule has 1 N–H and O–H groups in total. The fourth-order valence-electron chi connectivity index (χ4n) is 2.86. The van der Waals surface area contributed by atoms with E-state index >= 15 is 0 Å². The summed E-state index contributed by atoms with van der Waals surface area (Å²) >= 11 is 2.45. The molecule has 2 heterocycles. The number of thioether (sulfide) groups is 1. The number of amides is 2. The van der Waals surface area contributed by atoms with Crippen molar-refractivity contribution < 1.29 is 14.3 Å². The summed E-state index contributed by atoms with van der Waals surface area (Å²) in [5, 5.41) is 12.3. The lowest BCUT2D eigenvalue weighted by atomic mass is 10.2. The van der Waals surface area contributed by atoms with Crippen molar-refractivity contribution >= 4 is 40.0 Å². The van der Waals surface area contributed by atoms with Gasteiger partial charge in [-0.25, -0.2) is 4.98 Å². The third kappa shape index (κ3) is 6.32. The van der Waals surface area contributed by atoms with Crippen LogP contribution in [0, 0.1) is 6.92 Å². The van der Waals surface area contributed by atoms with Gasteiger partial charge in [-0.3, -0.25) is 9.59 Å². The summed E-state index contributed by atoms with van der Waals surface area (Å²) < 4.78 is 7.56. The Morgan fingerprint density at radius 2 is 1.94 bits per heavy atom. The number of aromatic nitrogens is 4. The molecule has 33 heavy (non-hydrogen) atoms. The molecule has 11 heteroatoms. The minimum Gasteiger partial charge on any atom is -0.494 e. The van der Waals surface area contributed by atoms with Crippen molar-refractivity contribution in [1.29, 1.82) is 0 Å². The zero-order valence-corrected chi connectivity index (χ0v) is 21.0. The molecule has 0 radical (unpaired) electrons. The smallest absolute Gasteiger partial charge is 0.265 e. The van der Waals surface area contributed by atoms with Crippen molar-refractivity contribution in [2.24, 2.45) is 7.05 Å². The molecule has 2 aromatic heterocycles. The number of nitrogens with one attached hydrogen (secondary N) is 1. The first-order valence-corrected chi connectivity index (χ1v) is 12.3. The van der Waals surface area contributed by atoms with Crippen molar-refractivity contribution in [3.05, 3.63) is 34.8 Å². The number of rotatable bonds is 10. The topological polar surface area (TPSA) is 102 Å². The molecule has 0 aliphatic rings. The maximum absolute atomic E-state index is 12.4. The molecular formula is C22H28N6O3S2. The van der Waals surface area contributed by atoms with E-state index in [1.54, 1.807) is 21.0 Å². The molecule has 0 saturated heterocycles. The van der Waals surface area contributed by atoms with Crippen LogP contribution in [-0.2, 0) is 11.8 Å². The van der Waals surface area contributed by atoms with Crippen LogP contribution in [-0.4, -0.2) is 62.9 Å². The molecule has 3 aromatic rings. The van der Waals surface area contributed by atoms with Gasteiger partial charge in [0.1, 0.15) is 10.6 Å². The van der Waals surface area contributed by atoms with Crippen molar-refractivity contribution in [2.75, 3.05) is 31.8 Å². The second-order valence-corrected chi connectivity index (χ2v) is 9.50.